The van der Waals surface area contributed by atoms with Crippen LogP contribution in [0.15, 0.2) is 59.8 Å². The van der Waals surface area contributed by atoms with Crippen molar-refractivity contribution in [2.75, 3.05) is 13.7 Å². The number of rotatable bonds is 6. The molecule has 31 heavy (non-hydrogen) atoms. The molecule has 1 saturated heterocycles. The standard InChI is InChI=1S/C25H28N2O4/c1-30-26-21-15-22(16-24(28)31-23-9-5-6-10-23)27(17-21)25(29)20-13-11-19(12-14-20)18-7-3-2-4-8-18/h2-4,7-8,11-14,22-23H,5-6,9-10,15-17H2,1H3. The molecule has 2 fully saturated rings. The number of hydrogen-bond acceptors (Lipinski definition) is 5. The number of carbonyl (C=O) groups is 2. The Morgan fingerprint density at radius 3 is 2.35 bits per heavy atom. The van der Waals surface area contributed by atoms with Gasteiger partial charge >= 0.3 is 5.97 Å². The molecule has 1 atom stereocenters. The van der Waals surface area contributed by atoms with Crippen LogP contribution in [0.2, 0.25) is 0 Å². The first-order chi connectivity index (χ1) is 15.1. The van der Waals surface area contributed by atoms with Crippen LogP contribution < -0.4 is 0 Å². The van der Waals surface area contributed by atoms with E-state index in [2.05, 4.69) is 5.16 Å². The smallest absolute Gasteiger partial charge is 0.308 e. The molecular formula is C25H28N2O4. The molecule has 1 aliphatic carbocycles. The zero-order chi connectivity index (χ0) is 21.6. The number of amides is 1. The largest absolute Gasteiger partial charge is 0.462 e. The van der Waals surface area contributed by atoms with Gasteiger partial charge < -0.3 is 14.5 Å². The Bertz CT molecular complexity index is 934. The minimum atomic E-state index is -0.274. The van der Waals surface area contributed by atoms with Gasteiger partial charge in [0.2, 0.25) is 0 Å². The summed E-state index contributed by atoms with van der Waals surface area (Å²) in [6.07, 6.45) is 4.79. The molecule has 0 N–H and O–H groups in total. The summed E-state index contributed by atoms with van der Waals surface area (Å²) in [5.74, 6) is -0.354. The Kier molecular flexibility index (Phi) is 6.65. The zero-order valence-corrected chi connectivity index (χ0v) is 17.8. The fourth-order valence-corrected chi connectivity index (χ4v) is 4.42. The average molecular weight is 421 g/mol. The van der Waals surface area contributed by atoms with E-state index in [9.17, 15) is 9.59 Å². The zero-order valence-electron chi connectivity index (χ0n) is 17.8. The first kappa shape index (κ1) is 21.1. The lowest BCUT2D eigenvalue weighted by atomic mass is 10.0. The molecule has 0 radical (unpaired) electrons. The Hall–Kier alpha value is -3.15. The second-order valence-electron chi connectivity index (χ2n) is 8.17. The molecule has 0 aromatic heterocycles. The summed E-state index contributed by atoms with van der Waals surface area (Å²) in [5, 5.41) is 4.04. The van der Waals surface area contributed by atoms with Crippen LogP contribution in [0.25, 0.3) is 11.1 Å². The van der Waals surface area contributed by atoms with E-state index in [1.165, 1.54) is 7.11 Å². The van der Waals surface area contributed by atoms with E-state index in [0.717, 1.165) is 42.5 Å². The SMILES string of the molecule is CON=C1CC(CC(=O)OC2CCCC2)N(C(=O)c2ccc(-c3ccccc3)cc2)C1. The quantitative estimate of drug-likeness (QED) is 0.512. The topological polar surface area (TPSA) is 68.2 Å². The predicted molar refractivity (Wildman–Crippen MR) is 119 cm³/mol. The number of hydrogen-bond donors (Lipinski definition) is 0. The van der Waals surface area contributed by atoms with Gasteiger partial charge in [-0.15, -0.1) is 0 Å². The number of oxime groups is 1. The number of carbonyl (C=O) groups excluding carboxylic acids is 2. The minimum Gasteiger partial charge on any atom is -0.462 e. The van der Waals surface area contributed by atoms with Crippen molar-refractivity contribution in [2.24, 2.45) is 5.16 Å². The van der Waals surface area contributed by atoms with Crippen LogP contribution in [-0.4, -0.2) is 48.3 Å². The third kappa shape index (κ3) is 5.13. The summed E-state index contributed by atoms with van der Waals surface area (Å²) < 4.78 is 5.62. The number of benzene rings is 2. The van der Waals surface area contributed by atoms with E-state index >= 15 is 0 Å². The fraction of sp³-hybridized carbons (Fsp3) is 0.400. The Balaban J connectivity index is 1.47. The molecule has 0 bridgehead atoms. The first-order valence-electron chi connectivity index (χ1n) is 10.9. The molecule has 2 aromatic rings. The van der Waals surface area contributed by atoms with Gasteiger partial charge in [-0.05, 0) is 48.9 Å². The van der Waals surface area contributed by atoms with Crippen molar-refractivity contribution in [2.45, 2.75) is 50.7 Å². The predicted octanol–water partition coefficient (Wildman–Crippen LogP) is 4.45. The van der Waals surface area contributed by atoms with Gasteiger partial charge in [-0.3, -0.25) is 9.59 Å². The van der Waals surface area contributed by atoms with Crippen LogP contribution in [-0.2, 0) is 14.4 Å². The molecular weight excluding hydrogens is 392 g/mol. The van der Waals surface area contributed by atoms with Crippen LogP contribution in [0.4, 0.5) is 0 Å². The normalized spacial score (nSPS) is 20.2. The van der Waals surface area contributed by atoms with Crippen LogP contribution in [0, 0.1) is 0 Å². The van der Waals surface area contributed by atoms with Crippen molar-refractivity contribution in [1.82, 2.24) is 4.90 Å². The Labute approximate surface area is 182 Å². The molecule has 2 aromatic carbocycles. The van der Waals surface area contributed by atoms with E-state index in [-0.39, 0.29) is 30.4 Å². The molecule has 4 rings (SSSR count). The molecule has 162 valence electrons. The lowest BCUT2D eigenvalue weighted by molar-refractivity contribution is -0.149. The van der Waals surface area contributed by atoms with E-state index in [1.54, 1.807) is 4.90 Å². The summed E-state index contributed by atoms with van der Waals surface area (Å²) in [7, 11) is 1.49. The Morgan fingerprint density at radius 1 is 1.00 bits per heavy atom. The third-order valence-electron chi connectivity index (χ3n) is 5.99. The highest BCUT2D eigenvalue weighted by Crippen LogP contribution is 2.26. The third-order valence-corrected chi connectivity index (χ3v) is 5.99. The van der Waals surface area contributed by atoms with Gasteiger partial charge in [-0.1, -0.05) is 47.6 Å². The van der Waals surface area contributed by atoms with E-state index in [4.69, 9.17) is 9.57 Å². The van der Waals surface area contributed by atoms with Crippen molar-refractivity contribution in [3.63, 3.8) is 0 Å². The highest BCUT2D eigenvalue weighted by atomic mass is 16.6. The summed E-state index contributed by atoms with van der Waals surface area (Å²) in [6.45, 7) is 0.356. The monoisotopic (exact) mass is 420 g/mol. The summed E-state index contributed by atoms with van der Waals surface area (Å²) in [4.78, 5) is 32.4. The van der Waals surface area contributed by atoms with Crippen LogP contribution in [0.3, 0.4) is 0 Å². The average Bonchev–Trinajstić information content (AvgIpc) is 3.44. The van der Waals surface area contributed by atoms with Gasteiger partial charge in [0, 0.05) is 18.0 Å². The van der Waals surface area contributed by atoms with Crippen molar-refractivity contribution >= 4 is 17.6 Å². The highest BCUT2D eigenvalue weighted by Gasteiger charge is 2.36. The second kappa shape index (κ2) is 9.77. The minimum absolute atomic E-state index is 0.0238. The van der Waals surface area contributed by atoms with Gasteiger partial charge in [0.15, 0.2) is 0 Å². The van der Waals surface area contributed by atoms with Crippen LogP contribution in [0.1, 0.15) is 48.9 Å². The van der Waals surface area contributed by atoms with Crippen molar-refractivity contribution in [3.8, 4) is 11.1 Å². The maximum atomic E-state index is 13.3. The molecule has 6 nitrogen and oxygen atoms in total. The lowest BCUT2D eigenvalue weighted by Gasteiger charge is -2.24. The van der Waals surface area contributed by atoms with Crippen LogP contribution >= 0.6 is 0 Å². The molecule has 6 heteroatoms. The fourth-order valence-electron chi connectivity index (χ4n) is 4.42. The molecule has 2 aliphatic rings. The maximum Gasteiger partial charge on any atom is 0.308 e. The van der Waals surface area contributed by atoms with Gasteiger partial charge in [0.05, 0.1) is 18.7 Å². The maximum absolute atomic E-state index is 13.3. The second-order valence-corrected chi connectivity index (χ2v) is 8.17. The summed E-state index contributed by atoms with van der Waals surface area (Å²) in [6, 6.07) is 17.3. The first-order valence-corrected chi connectivity index (χ1v) is 10.9. The van der Waals surface area contributed by atoms with E-state index in [1.807, 2.05) is 54.6 Å². The number of ether oxygens (including phenoxy) is 1. The molecule has 1 aliphatic heterocycles. The van der Waals surface area contributed by atoms with E-state index in [0.29, 0.717) is 18.5 Å². The number of esters is 1. The van der Waals surface area contributed by atoms with E-state index < -0.39 is 0 Å². The van der Waals surface area contributed by atoms with Crippen LogP contribution in [0.5, 0.6) is 0 Å². The molecule has 1 unspecified atom stereocenters. The number of likely N-dealkylation sites (tertiary alicyclic amines) is 1. The van der Waals surface area contributed by atoms with Gasteiger partial charge in [0.25, 0.3) is 5.91 Å². The summed E-state index contributed by atoms with van der Waals surface area (Å²) in [5.41, 5.74) is 3.50. The Morgan fingerprint density at radius 2 is 1.68 bits per heavy atom. The highest BCUT2D eigenvalue weighted by molar-refractivity contribution is 6.01. The molecule has 1 heterocycles. The van der Waals surface area contributed by atoms with Gasteiger partial charge in [-0.2, -0.15) is 0 Å². The van der Waals surface area contributed by atoms with Crippen molar-refractivity contribution < 1.29 is 19.2 Å². The lowest BCUT2D eigenvalue weighted by Crippen LogP contribution is -2.37. The molecule has 0 spiro atoms. The van der Waals surface area contributed by atoms with Crippen molar-refractivity contribution in [1.29, 1.82) is 0 Å². The number of nitrogens with zero attached hydrogens (tertiary/aromatic N) is 2. The van der Waals surface area contributed by atoms with Crippen molar-refractivity contribution in [3.05, 3.63) is 60.2 Å². The van der Waals surface area contributed by atoms with Gasteiger partial charge in [-0.25, -0.2) is 0 Å². The van der Waals surface area contributed by atoms with Gasteiger partial charge in [0.1, 0.15) is 13.2 Å². The summed E-state index contributed by atoms with van der Waals surface area (Å²) >= 11 is 0. The molecule has 1 saturated carbocycles. The molecule has 1 amide bonds.